The molecular weight excluding hydrogens is 410 g/mol. The third kappa shape index (κ3) is 3.02. The molecule has 0 saturated heterocycles. The van der Waals surface area contributed by atoms with Gasteiger partial charge in [-0.2, -0.15) is 0 Å². The van der Waals surface area contributed by atoms with Crippen LogP contribution >= 0.6 is 11.6 Å². The van der Waals surface area contributed by atoms with Crippen LogP contribution in [0.25, 0.3) is 49.7 Å². The first-order valence-electron chi connectivity index (χ1n) is 10.7. The maximum Gasteiger partial charge on any atom is 0.0541 e. The number of nitrogens with zero attached hydrogens (tertiary/aromatic N) is 1. The fourth-order valence-corrected chi connectivity index (χ4v) is 4.85. The van der Waals surface area contributed by atoms with Crippen molar-refractivity contribution in [2.24, 2.45) is 0 Å². The second kappa shape index (κ2) is 7.71. The molecule has 0 atom stereocenters. The van der Waals surface area contributed by atoms with Gasteiger partial charge in [-0.3, -0.25) is 0 Å². The van der Waals surface area contributed by atoms with Gasteiger partial charge in [0.05, 0.1) is 16.7 Å². The SMILES string of the molecule is Clc1ccc(-c2ccccc2-n2c3ccccc3c3ccccc32)cc1-c1ccccc1. The molecule has 1 aromatic heterocycles. The summed E-state index contributed by atoms with van der Waals surface area (Å²) in [5.74, 6) is 0. The normalized spacial score (nSPS) is 11.3. The first kappa shape index (κ1) is 18.9. The Labute approximate surface area is 192 Å². The average Bonchev–Trinajstić information content (AvgIpc) is 3.19. The van der Waals surface area contributed by atoms with E-state index in [0.717, 1.165) is 27.4 Å². The van der Waals surface area contributed by atoms with Crippen molar-refractivity contribution in [3.63, 3.8) is 0 Å². The second-order valence-electron chi connectivity index (χ2n) is 7.95. The van der Waals surface area contributed by atoms with Gasteiger partial charge in [0.1, 0.15) is 0 Å². The number of aromatic nitrogens is 1. The van der Waals surface area contributed by atoms with E-state index in [9.17, 15) is 0 Å². The molecule has 5 aromatic carbocycles. The van der Waals surface area contributed by atoms with Gasteiger partial charge < -0.3 is 4.57 Å². The van der Waals surface area contributed by atoms with Crippen LogP contribution in [0.1, 0.15) is 0 Å². The summed E-state index contributed by atoms with van der Waals surface area (Å²) in [7, 11) is 0. The Morgan fingerprint density at radius 2 is 1.06 bits per heavy atom. The smallest absolute Gasteiger partial charge is 0.0541 e. The largest absolute Gasteiger partial charge is 0.309 e. The zero-order valence-corrected chi connectivity index (χ0v) is 18.1. The number of benzene rings is 5. The molecule has 1 nitrogen and oxygen atoms in total. The van der Waals surface area contributed by atoms with Crippen LogP contribution in [-0.4, -0.2) is 4.57 Å². The number of fused-ring (bicyclic) bond motifs is 3. The highest BCUT2D eigenvalue weighted by molar-refractivity contribution is 6.33. The highest BCUT2D eigenvalue weighted by atomic mass is 35.5. The van der Waals surface area contributed by atoms with E-state index in [2.05, 4.69) is 102 Å². The van der Waals surface area contributed by atoms with Crippen molar-refractivity contribution in [2.45, 2.75) is 0 Å². The Bertz CT molecular complexity index is 1520. The molecule has 0 bridgehead atoms. The summed E-state index contributed by atoms with van der Waals surface area (Å²) in [6.07, 6.45) is 0. The molecule has 6 rings (SSSR count). The lowest BCUT2D eigenvalue weighted by Gasteiger charge is -2.15. The van der Waals surface area contributed by atoms with Gasteiger partial charge in [0.2, 0.25) is 0 Å². The van der Waals surface area contributed by atoms with Crippen LogP contribution in [0.2, 0.25) is 5.02 Å². The van der Waals surface area contributed by atoms with Crippen LogP contribution in [0.4, 0.5) is 0 Å². The lowest BCUT2D eigenvalue weighted by atomic mass is 9.97. The Hall–Kier alpha value is -3.81. The van der Waals surface area contributed by atoms with Crippen LogP contribution < -0.4 is 0 Å². The minimum Gasteiger partial charge on any atom is -0.309 e. The van der Waals surface area contributed by atoms with Crippen LogP contribution in [0, 0.1) is 0 Å². The minimum absolute atomic E-state index is 0.759. The van der Waals surface area contributed by atoms with Gasteiger partial charge in [-0.1, -0.05) is 103 Å². The summed E-state index contributed by atoms with van der Waals surface area (Å²) in [6.45, 7) is 0. The fourth-order valence-electron chi connectivity index (χ4n) is 4.63. The maximum absolute atomic E-state index is 6.61. The van der Waals surface area contributed by atoms with Gasteiger partial charge in [0.15, 0.2) is 0 Å². The van der Waals surface area contributed by atoms with E-state index >= 15 is 0 Å². The highest BCUT2D eigenvalue weighted by Crippen LogP contribution is 2.38. The Morgan fingerprint density at radius 3 is 1.78 bits per heavy atom. The van der Waals surface area contributed by atoms with E-state index in [4.69, 9.17) is 11.6 Å². The van der Waals surface area contributed by atoms with Crippen molar-refractivity contribution in [2.75, 3.05) is 0 Å². The van der Waals surface area contributed by atoms with Crippen molar-refractivity contribution in [3.8, 4) is 27.9 Å². The zero-order valence-electron chi connectivity index (χ0n) is 17.4. The van der Waals surface area contributed by atoms with Gasteiger partial charge in [0.25, 0.3) is 0 Å². The highest BCUT2D eigenvalue weighted by Gasteiger charge is 2.15. The van der Waals surface area contributed by atoms with Crippen LogP contribution in [0.3, 0.4) is 0 Å². The summed E-state index contributed by atoms with van der Waals surface area (Å²) in [6, 6.07) is 42.5. The zero-order chi connectivity index (χ0) is 21.5. The van der Waals surface area contributed by atoms with Gasteiger partial charge >= 0.3 is 0 Å². The number of hydrogen-bond donors (Lipinski definition) is 0. The van der Waals surface area contributed by atoms with Crippen LogP contribution in [0.15, 0.2) is 121 Å². The molecule has 0 radical (unpaired) electrons. The van der Waals surface area contributed by atoms with E-state index < -0.39 is 0 Å². The number of rotatable bonds is 3. The van der Waals surface area contributed by atoms with Crippen molar-refractivity contribution in [1.29, 1.82) is 0 Å². The first-order valence-corrected chi connectivity index (χ1v) is 11.1. The number of halogens is 1. The monoisotopic (exact) mass is 429 g/mol. The topological polar surface area (TPSA) is 4.93 Å². The lowest BCUT2D eigenvalue weighted by molar-refractivity contribution is 1.18. The summed E-state index contributed by atoms with van der Waals surface area (Å²) in [4.78, 5) is 0. The molecular formula is C30H20ClN. The fraction of sp³-hybridized carbons (Fsp3) is 0. The van der Waals surface area contributed by atoms with Gasteiger partial charge in [-0.15, -0.1) is 0 Å². The molecule has 32 heavy (non-hydrogen) atoms. The van der Waals surface area contributed by atoms with Crippen molar-refractivity contribution in [1.82, 2.24) is 4.57 Å². The second-order valence-corrected chi connectivity index (χ2v) is 8.35. The summed E-state index contributed by atoms with van der Waals surface area (Å²) in [5, 5.41) is 3.28. The third-order valence-electron chi connectivity index (χ3n) is 6.09. The molecule has 0 saturated carbocycles. The average molecular weight is 430 g/mol. The molecule has 0 N–H and O–H groups in total. The molecule has 0 unspecified atom stereocenters. The van der Waals surface area contributed by atoms with Crippen molar-refractivity contribution >= 4 is 33.4 Å². The van der Waals surface area contributed by atoms with Crippen LogP contribution in [0.5, 0.6) is 0 Å². The van der Waals surface area contributed by atoms with Crippen LogP contribution in [-0.2, 0) is 0 Å². The summed E-state index contributed by atoms with van der Waals surface area (Å²) < 4.78 is 2.37. The molecule has 0 aliphatic rings. The van der Waals surface area contributed by atoms with E-state index in [-0.39, 0.29) is 0 Å². The van der Waals surface area contributed by atoms with Gasteiger partial charge in [-0.25, -0.2) is 0 Å². The van der Waals surface area contributed by atoms with E-state index in [1.165, 1.54) is 27.4 Å². The molecule has 6 aromatic rings. The van der Waals surface area contributed by atoms with E-state index in [1.54, 1.807) is 0 Å². The van der Waals surface area contributed by atoms with Gasteiger partial charge in [-0.05, 0) is 41.5 Å². The molecule has 2 heteroatoms. The molecule has 1 heterocycles. The van der Waals surface area contributed by atoms with Crippen molar-refractivity contribution < 1.29 is 0 Å². The van der Waals surface area contributed by atoms with Gasteiger partial charge in [0, 0.05) is 26.9 Å². The minimum atomic E-state index is 0.759. The predicted octanol–water partition coefficient (Wildman–Crippen LogP) is 8.77. The van der Waals surface area contributed by atoms with E-state index in [0.29, 0.717) is 0 Å². The number of hydrogen-bond acceptors (Lipinski definition) is 0. The molecule has 0 spiro atoms. The first-order chi connectivity index (χ1) is 15.8. The van der Waals surface area contributed by atoms with E-state index in [1.807, 2.05) is 24.3 Å². The summed E-state index contributed by atoms with van der Waals surface area (Å²) >= 11 is 6.61. The Kier molecular flexibility index (Phi) is 4.56. The quantitative estimate of drug-likeness (QED) is 0.265. The predicted molar refractivity (Wildman–Crippen MR) is 137 cm³/mol. The maximum atomic E-state index is 6.61. The lowest BCUT2D eigenvalue weighted by Crippen LogP contribution is -1.97. The standard InChI is InChI=1S/C30H20ClN/c31-27-19-18-22(20-26(27)21-10-2-1-3-11-21)23-12-4-7-15-28(23)32-29-16-8-5-13-24(29)25-14-6-9-17-30(25)32/h1-20H. The third-order valence-corrected chi connectivity index (χ3v) is 6.42. The Balaban J connectivity index is 1.63. The molecule has 0 aliphatic carbocycles. The molecule has 0 amide bonds. The number of para-hydroxylation sites is 3. The van der Waals surface area contributed by atoms with Crippen molar-refractivity contribution in [3.05, 3.63) is 126 Å². The molecule has 0 aliphatic heterocycles. The molecule has 152 valence electrons. The molecule has 0 fully saturated rings. The summed E-state index contributed by atoms with van der Waals surface area (Å²) in [5.41, 5.74) is 8.05. The Morgan fingerprint density at radius 1 is 0.469 bits per heavy atom.